The van der Waals surface area contributed by atoms with Gasteiger partial charge in [0, 0.05) is 5.39 Å². The third kappa shape index (κ3) is 2.31. The average Bonchev–Trinajstić information content (AvgIpc) is 2.71. The molecule has 0 aliphatic heterocycles. The van der Waals surface area contributed by atoms with Gasteiger partial charge in [-0.3, -0.25) is 15.9 Å². The number of hydrazone groups is 1. The topological polar surface area (TPSA) is 127 Å². The van der Waals surface area contributed by atoms with Crippen molar-refractivity contribution in [3.05, 3.63) is 22.8 Å². The second-order valence-corrected chi connectivity index (χ2v) is 4.16. The molecule has 0 aliphatic carbocycles. The number of H-pyrrole nitrogens is 1. The van der Waals surface area contributed by atoms with Crippen LogP contribution in [0.25, 0.3) is 10.9 Å². The SMILES string of the molecule is N#C/C(=N\Nc1ccc2c(Br)[nH]nc2c1)C(=N)N. The maximum absolute atomic E-state index is 8.68. The number of rotatable bonds is 3. The van der Waals surface area contributed by atoms with Crippen LogP contribution >= 0.6 is 15.9 Å². The summed E-state index contributed by atoms with van der Waals surface area (Å²) in [6.07, 6.45) is 0. The van der Waals surface area contributed by atoms with Gasteiger partial charge in [0.2, 0.25) is 5.71 Å². The van der Waals surface area contributed by atoms with Crippen LogP contribution in [0.5, 0.6) is 0 Å². The molecule has 2 aromatic rings. The van der Waals surface area contributed by atoms with Gasteiger partial charge in [0.05, 0.1) is 11.2 Å². The van der Waals surface area contributed by atoms with Crippen LogP contribution in [0.3, 0.4) is 0 Å². The Kier molecular flexibility index (Phi) is 3.25. The molecule has 0 spiro atoms. The van der Waals surface area contributed by atoms with Gasteiger partial charge >= 0.3 is 0 Å². The lowest BCUT2D eigenvalue weighted by Gasteiger charge is -2.00. The minimum Gasteiger partial charge on any atom is -0.382 e. The van der Waals surface area contributed by atoms with Gasteiger partial charge in [-0.25, -0.2) is 0 Å². The summed E-state index contributed by atoms with van der Waals surface area (Å²) in [7, 11) is 0. The maximum Gasteiger partial charge on any atom is 0.201 e. The highest BCUT2D eigenvalue weighted by Crippen LogP contribution is 2.23. The minimum atomic E-state index is -0.381. The van der Waals surface area contributed by atoms with Crippen molar-refractivity contribution in [2.45, 2.75) is 0 Å². The van der Waals surface area contributed by atoms with Gasteiger partial charge in [-0.15, -0.1) is 0 Å². The number of nitrogens with zero attached hydrogens (tertiary/aromatic N) is 3. The van der Waals surface area contributed by atoms with E-state index in [1.54, 1.807) is 18.2 Å². The molecule has 0 radical (unpaired) electrons. The number of hydrogen-bond acceptors (Lipinski definition) is 5. The fourth-order valence-electron chi connectivity index (χ4n) is 1.31. The first-order valence-electron chi connectivity index (χ1n) is 4.83. The van der Waals surface area contributed by atoms with Crippen molar-refractivity contribution in [1.82, 2.24) is 10.2 Å². The maximum atomic E-state index is 8.68. The van der Waals surface area contributed by atoms with Crippen LogP contribution in [-0.4, -0.2) is 21.7 Å². The molecule has 0 unspecified atom stereocenters. The van der Waals surface area contributed by atoms with E-state index < -0.39 is 0 Å². The number of benzene rings is 1. The van der Waals surface area contributed by atoms with Crippen LogP contribution < -0.4 is 11.2 Å². The van der Waals surface area contributed by atoms with Crippen LogP contribution in [0.15, 0.2) is 27.9 Å². The van der Waals surface area contributed by atoms with E-state index in [9.17, 15) is 0 Å². The number of anilines is 1. The number of amidine groups is 1. The van der Waals surface area contributed by atoms with E-state index >= 15 is 0 Å². The normalized spacial score (nSPS) is 11.2. The molecule has 18 heavy (non-hydrogen) atoms. The van der Waals surface area contributed by atoms with E-state index in [0.29, 0.717) is 5.69 Å². The molecule has 0 bridgehead atoms. The van der Waals surface area contributed by atoms with Gasteiger partial charge < -0.3 is 5.73 Å². The largest absolute Gasteiger partial charge is 0.382 e. The number of aromatic nitrogens is 2. The summed E-state index contributed by atoms with van der Waals surface area (Å²) in [6.45, 7) is 0. The van der Waals surface area contributed by atoms with Gasteiger partial charge in [0.15, 0.2) is 5.84 Å². The van der Waals surface area contributed by atoms with Gasteiger partial charge in [0.25, 0.3) is 0 Å². The van der Waals surface area contributed by atoms with Crippen molar-refractivity contribution in [3.63, 3.8) is 0 Å². The lowest BCUT2D eigenvalue weighted by molar-refractivity contribution is 1.10. The van der Waals surface area contributed by atoms with Gasteiger partial charge in [-0.05, 0) is 34.1 Å². The molecule has 0 saturated carbocycles. The third-order valence-corrected chi connectivity index (χ3v) is 2.77. The standard InChI is InChI=1S/C10H8BrN7/c11-9-6-2-1-5(3-7(6)16-18-9)15-17-8(4-12)10(13)14/h1-3,15H,(H3,13,14)(H,16,18)/b17-8+. The number of nitriles is 1. The summed E-state index contributed by atoms with van der Waals surface area (Å²) in [6, 6.07) is 7.11. The lowest BCUT2D eigenvalue weighted by Crippen LogP contribution is -2.21. The summed E-state index contributed by atoms with van der Waals surface area (Å²) in [4.78, 5) is 0. The van der Waals surface area contributed by atoms with Crippen molar-refractivity contribution in [3.8, 4) is 6.07 Å². The van der Waals surface area contributed by atoms with Gasteiger partial charge in [-0.1, -0.05) is 0 Å². The van der Waals surface area contributed by atoms with E-state index in [2.05, 4.69) is 36.7 Å². The molecule has 0 saturated heterocycles. The molecule has 1 heterocycles. The summed E-state index contributed by atoms with van der Waals surface area (Å²) < 4.78 is 0.800. The fraction of sp³-hybridized carbons (Fsp3) is 0. The van der Waals surface area contributed by atoms with E-state index in [4.69, 9.17) is 16.4 Å². The highest BCUT2D eigenvalue weighted by Gasteiger charge is 2.04. The zero-order valence-electron chi connectivity index (χ0n) is 9.03. The lowest BCUT2D eigenvalue weighted by atomic mass is 10.2. The molecular weight excluding hydrogens is 298 g/mol. The predicted octanol–water partition coefficient (Wildman–Crippen LogP) is 1.55. The number of nitrogens with one attached hydrogen (secondary N) is 3. The first kappa shape index (κ1) is 12.1. The molecule has 0 atom stereocenters. The Morgan fingerprint density at radius 1 is 1.61 bits per heavy atom. The number of aromatic amines is 1. The Balaban J connectivity index is 2.28. The minimum absolute atomic E-state index is 0.168. The van der Waals surface area contributed by atoms with Crippen LogP contribution in [0.4, 0.5) is 5.69 Å². The highest BCUT2D eigenvalue weighted by atomic mass is 79.9. The Hall–Kier alpha value is -2.40. The highest BCUT2D eigenvalue weighted by molar-refractivity contribution is 9.10. The second kappa shape index (κ2) is 4.85. The van der Waals surface area contributed by atoms with Gasteiger partial charge in [0.1, 0.15) is 10.7 Å². The van der Waals surface area contributed by atoms with Crippen LogP contribution in [0, 0.1) is 16.7 Å². The van der Waals surface area contributed by atoms with Crippen molar-refractivity contribution >= 4 is 44.1 Å². The first-order valence-corrected chi connectivity index (χ1v) is 5.63. The summed E-state index contributed by atoms with van der Waals surface area (Å²) in [5, 5.41) is 27.3. The van der Waals surface area contributed by atoms with E-state index in [-0.39, 0.29) is 11.5 Å². The molecule has 2 rings (SSSR count). The smallest absolute Gasteiger partial charge is 0.201 e. The Morgan fingerprint density at radius 3 is 3.06 bits per heavy atom. The number of fused-ring (bicyclic) bond motifs is 1. The average molecular weight is 306 g/mol. The number of hydrogen-bond donors (Lipinski definition) is 4. The summed E-state index contributed by atoms with van der Waals surface area (Å²) in [5.74, 6) is -0.381. The van der Waals surface area contributed by atoms with Crippen molar-refractivity contribution in [2.24, 2.45) is 10.8 Å². The zero-order chi connectivity index (χ0) is 13.1. The Bertz CT molecular complexity index is 679. The third-order valence-electron chi connectivity index (χ3n) is 2.17. The van der Waals surface area contributed by atoms with Gasteiger partial charge in [-0.2, -0.15) is 15.5 Å². The zero-order valence-corrected chi connectivity index (χ0v) is 10.6. The van der Waals surface area contributed by atoms with E-state index in [0.717, 1.165) is 15.5 Å². The molecule has 7 nitrogen and oxygen atoms in total. The van der Waals surface area contributed by atoms with Crippen LogP contribution in [0.1, 0.15) is 0 Å². The molecular formula is C10H8BrN7. The number of halogens is 1. The molecule has 1 aromatic heterocycles. The molecule has 0 aliphatic rings. The molecule has 8 heteroatoms. The second-order valence-electron chi connectivity index (χ2n) is 3.37. The van der Waals surface area contributed by atoms with Crippen LogP contribution in [-0.2, 0) is 0 Å². The summed E-state index contributed by atoms with van der Waals surface area (Å²) >= 11 is 3.33. The van der Waals surface area contributed by atoms with E-state index in [1.807, 2.05) is 6.07 Å². The summed E-state index contributed by atoms with van der Waals surface area (Å²) in [5.41, 5.74) is 9.06. The quantitative estimate of drug-likeness (QED) is 0.390. The molecule has 90 valence electrons. The molecule has 5 N–H and O–H groups in total. The fourth-order valence-corrected chi connectivity index (χ4v) is 1.74. The van der Waals surface area contributed by atoms with Crippen molar-refractivity contribution < 1.29 is 0 Å². The predicted molar refractivity (Wildman–Crippen MR) is 72.4 cm³/mol. The first-order chi connectivity index (χ1) is 8.61. The van der Waals surface area contributed by atoms with Crippen LogP contribution in [0.2, 0.25) is 0 Å². The Labute approximate surface area is 110 Å². The molecule has 0 amide bonds. The van der Waals surface area contributed by atoms with E-state index in [1.165, 1.54) is 0 Å². The van der Waals surface area contributed by atoms with Crippen molar-refractivity contribution in [2.75, 3.05) is 5.43 Å². The Morgan fingerprint density at radius 2 is 2.39 bits per heavy atom. The molecule has 1 aromatic carbocycles. The number of nitrogens with two attached hydrogens (primary N) is 1. The molecule has 0 fully saturated rings. The monoisotopic (exact) mass is 305 g/mol. The van der Waals surface area contributed by atoms with Crippen molar-refractivity contribution in [1.29, 1.82) is 10.7 Å².